The number of hydrogen-bond donors (Lipinski definition) is 2. The van der Waals surface area contributed by atoms with E-state index in [-0.39, 0.29) is 50.1 Å². The van der Waals surface area contributed by atoms with Crippen molar-refractivity contribution < 1.29 is 62.3 Å². The van der Waals surface area contributed by atoms with Gasteiger partial charge in [0.1, 0.15) is 25.2 Å². The summed E-state index contributed by atoms with van der Waals surface area (Å²) in [6.45, 7) is 3.92. The van der Waals surface area contributed by atoms with Crippen LogP contribution in [-0.2, 0) is 35.3 Å². The van der Waals surface area contributed by atoms with Crippen molar-refractivity contribution in [3.63, 3.8) is 0 Å². The van der Waals surface area contributed by atoms with Crippen molar-refractivity contribution in [2.24, 2.45) is 0 Å². The lowest BCUT2D eigenvalue weighted by molar-refractivity contribution is -0.493. The third kappa shape index (κ3) is 10.8. The number of methoxy groups -OCH3 is 4. The predicted molar refractivity (Wildman–Crippen MR) is 230 cm³/mol. The van der Waals surface area contributed by atoms with Crippen LogP contribution >= 0.6 is 0 Å². The number of ketones is 2. The second kappa shape index (κ2) is 20.9. The zero-order valence-electron chi connectivity index (χ0n) is 35.4. The maximum absolute atomic E-state index is 12.9. The van der Waals surface area contributed by atoms with Gasteiger partial charge in [0.15, 0.2) is 52.2 Å². The first-order chi connectivity index (χ1) is 28.9. The van der Waals surface area contributed by atoms with Crippen molar-refractivity contribution >= 4 is 17.8 Å². The number of benzene rings is 4. The molecule has 0 fully saturated rings. The van der Waals surface area contributed by atoms with Gasteiger partial charge >= 0.3 is 0 Å². The number of fused-ring (bicyclic) bond motifs is 4. The Morgan fingerprint density at radius 2 is 1.31 bits per heavy atom. The quantitative estimate of drug-likeness (QED) is 0.143. The maximum atomic E-state index is 12.9. The van der Waals surface area contributed by atoms with Crippen LogP contribution in [0, 0.1) is 0 Å². The second-order valence-electron chi connectivity index (χ2n) is 15.0. The van der Waals surface area contributed by atoms with Crippen LogP contribution in [0.1, 0.15) is 73.0 Å². The van der Waals surface area contributed by atoms with Gasteiger partial charge in [0.25, 0.3) is 0 Å². The molecule has 0 aromatic heterocycles. The first-order valence-corrected chi connectivity index (χ1v) is 19.9. The normalized spacial score (nSPS) is 15.3. The number of likely N-dealkylation sites (N-methyl/N-ethyl adjacent to an activating group) is 2. The number of Topliss-reactive ketones (excluding diaryl/α,β-unsaturated/α-hetero) is 2. The van der Waals surface area contributed by atoms with Gasteiger partial charge in [-0.2, -0.15) is 0 Å². The fourth-order valence-electron chi connectivity index (χ4n) is 7.67. The van der Waals surface area contributed by atoms with E-state index < -0.39 is 0 Å². The zero-order valence-corrected chi connectivity index (χ0v) is 35.4. The number of hydrogen-bond acceptors (Lipinski definition) is 13. The Morgan fingerprint density at radius 3 is 1.87 bits per heavy atom. The molecule has 0 spiro atoms. The monoisotopic (exact) mass is 843 g/mol. The van der Waals surface area contributed by atoms with Crippen LogP contribution in [0.4, 0.5) is 0 Å². The highest BCUT2D eigenvalue weighted by Crippen LogP contribution is 2.50. The van der Waals surface area contributed by atoms with Gasteiger partial charge in [0, 0.05) is 43.8 Å². The number of ether oxygens (including phenoxy) is 8. The van der Waals surface area contributed by atoms with E-state index in [1.54, 1.807) is 51.5 Å². The third-order valence-electron chi connectivity index (χ3n) is 10.9. The van der Waals surface area contributed by atoms with E-state index in [2.05, 4.69) is 28.8 Å². The highest BCUT2D eigenvalue weighted by atomic mass is 16.7. The number of carbonyl (C=O) groups is 2. The molecule has 1 unspecified atom stereocenters. The Labute approximate surface area is 358 Å². The minimum atomic E-state index is -0.0694. The average Bonchev–Trinajstić information content (AvgIpc) is 3.93. The van der Waals surface area contributed by atoms with E-state index in [9.17, 15) is 19.8 Å². The second-order valence-corrected chi connectivity index (χ2v) is 15.0. The largest absolute Gasteiger partial charge is 0.504 e. The van der Waals surface area contributed by atoms with E-state index in [0.29, 0.717) is 60.9 Å². The van der Waals surface area contributed by atoms with Crippen LogP contribution in [0.15, 0.2) is 48.5 Å². The summed E-state index contributed by atoms with van der Waals surface area (Å²) >= 11 is 0. The number of aryl methyl sites for hydroxylation is 2. The summed E-state index contributed by atoms with van der Waals surface area (Å²) in [5.74, 6) is 5.75. The number of phenols is 2. The van der Waals surface area contributed by atoms with Gasteiger partial charge < -0.3 is 52.9 Å². The highest BCUT2D eigenvalue weighted by molar-refractivity contribution is 5.86. The van der Waals surface area contributed by atoms with E-state index in [4.69, 9.17) is 37.9 Å². The molecule has 4 aromatic carbocycles. The van der Waals surface area contributed by atoms with E-state index >= 15 is 0 Å². The van der Waals surface area contributed by atoms with Crippen molar-refractivity contribution in [1.29, 1.82) is 0 Å². The summed E-state index contributed by atoms with van der Waals surface area (Å²) in [6.07, 6.45) is 6.60. The van der Waals surface area contributed by atoms with Crippen LogP contribution in [0.25, 0.3) is 0 Å². The van der Waals surface area contributed by atoms with Gasteiger partial charge in [0.2, 0.25) is 25.1 Å². The topological polar surface area (TPSA) is 155 Å². The van der Waals surface area contributed by atoms with Gasteiger partial charge in [-0.3, -0.25) is 9.69 Å². The Morgan fingerprint density at radius 1 is 0.754 bits per heavy atom. The Kier molecular flexibility index (Phi) is 15.7. The number of phenolic OH excluding ortho intramolecular Hbond substituents is 2. The molecular formula is C47H59N2O12+. The minimum Gasteiger partial charge on any atom is -0.504 e. The van der Waals surface area contributed by atoms with Crippen LogP contribution in [0.2, 0.25) is 0 Å². The van der Waals surface area contributed by atoms with Gasteiger partial charge in [-0.05, 0) is 91.9 Å². The van der Waals surface area contributed by atoms with E-state index in [1.165, 1.54) is 19.8 Å². The van der Waals surface area contributed by atoms with Gasteiger partial charge in [0.05, 0.1) is 34.0 Å². The molecule has 8 rings (SSSR count). The molecule has 328 valence electrons. The molecule has 0 saturated carbocycles. The molecule has 0 radical (unpaired) electrons. The number of nitrogens with zero attached hydrogens (tertiary/aromatic N) is 2. The van der Waals surface area contributed by atoms with Crippen molar-refractivity contribution in [1.82, 2.24) is 4.90 Å². The smallest absolute Gasteiger partial charge is 0.231 e. The molecular weight excluding hydrogens is 785 g/mol. The van der Waals surface area contributed by atoms with Crippen molar-refractivity contribution in [3.8, 4) is 57.5 Å². The SMILES string of the molecule is C.COc1c2c(cc3c1OCO3)CC[N+](C)=C2.COc1cc(CCC(=O)CC2c3c(cc4c(c3OC)OCO4)CCN2C)ccc1O.COc1cc(CCC(C)=O)ccc1O. The Balaban J connectivity index is 0.000000191. The molecule has 0 saturated heterocycles. The third-order valence-corrected chi connectivity index (χ3v) is 10.9. The molecule has 14 heteroatoms. The number of carbonyl (C=O) groups excluding carboxylic acids is 2. The fraction of sp³-hybridized carbons (Fsp3) is 0.426. The number of rotatable bonds is 12. The van der Waals surface area contributed by atoms with Crippen molar-refractivity contribution in [2.45, 2.75) is 65.3 Å². The molecule has 1 atom stereocenters. The molecule has 4 heterocycles. The molecule has 14 nitrogen and oxygen atoms in total. The molecule has 4 aliphatic heterocycles. The summed E-state index contributed by atoms with van der Waals surface area (Å²) in [7, 11) is 10.4. The maximum Gasteiger partial charge on any atom is 0.231 e. The van der Waals surface area contributed by atoms with Crippen molar-refractivity contribution in [2.75, 3.05) is 69.2 Å². The average molecular weight is 844 g/mol. The number of aromatic hydroxyl groups is 2. The first kappa shape index (κ1) is 45.9. The lowest BCUT2D eigenvalue weighted by atomic mass is 9.87. The molecule has 4 aromatic rings. The molecule has 0 aliphatic carbocycles. The van der Waals surface area contributed by atoms with Gasteiger partial charge in [-0.25, -0.2) is 4.58 Å². The lowest BCUT2D eigenvalue weighted by Gasteiger charge is -2.35. The summed E-state index contributed by atoms with van der Waals surface area (Å²) in [4.78, 5) is 25.9. The Bertz CT molecular complexity index is 2240. The Hall–Kier alpha value is -6.15. The van der Waals surface area contributed by atoms with Gasteiger partial charge in [-0.1, -0.05) is 19.6 Å². The van der Waals surface area contributed by atoms with Crippen LogP contribution in [0.3, 0.4) is 0 Å². The van der Waals surface area contributed by atoms with E-state index in [0.717, 1.165) is 71.0 Å². The van der Waals surface area contributed by atoms with Crippen LogP contribution in [-0.4, -0.2) is 107 Å². The zero-order chi connectivity index (χ0) is 42.9. The van der Waals surface area contributed by atoms with Crippen molar-refractivity contribution in [3.05, 3.63) is 81.9 Å². The summed E-state index contributed by atoms with van der Waals surface area (Å²) in [5, 5.41) is 19.1. The predicted octanol–water partition coefficient (Wildman–Crippen LogP) is 6.86. The van der Waals surface area contributed by atoms with Crippen LogP contribution < -0.4 is 37.9 Å². The summed E-state index contributed by atoms with van der Waals surface area (Å²) in [6, 6.07) is 14.3. The highest BCUT2D eigenvalue weighted by Gasteiger charge is 2.35. The fourth-order valence-corrected chi connectivity index (χ4v) is 7.67. The molecule has 2 N–H and O–H groups in total. The first-order valence-electron chi connectivity index (χ1n) is 19.9. The molecule has 0 bridgehead atoms. The summed E-state index contributed by atoms with van der Waals surface area (Å²) < 4.78 is 45.4. The molecule has 61 heavy (non-hydrogen) atoms. The standard InChI is InChI=1S/C23H27NO6.C12H14NO3.C11H14O3.CH4/c1-24-9-8-15-11-20-22(30-13-29-20)23(28-3)21(15)17(24)12-16(25)6-4-14-5-7-18(26)19(10-14)27-2;1-13-4-3-8-5-10-12(16-7-15-10)11(14-2)9(8)6-13;1-8(12)3-4-9-5-6-10(13)11(7-9)14-2;/h5,7,10-11,17,26H,4,6,8-9,12-13H2,1-3H3;5-6H,3-4,7H2,1-2H3;5-7,13H,3-4H2,1-2H3;1H4/q;+1;;. The lowest BCUT2D eigenvalue weighted by Crippen LogP contribution is -2.34. The van der Waals surface area contributed by atoms with E-state index in [1.807, 2.05) is 19.2 Å². The van der Waals surface area contributed by atoms with Gasteiger partial charge in [-0.15, -0.1) is 0 Å². The summed E-state index contributed by atoms with van der Waals surface area (Å²) in [5.41, 5.74) is 6.50. The molecule has 4 aliphatic rings. The molecule has 0 amide bonds. The van der Waals surface area contributed by atoms with Crippen LogP contribution in [0.5, 0.6) is 57.5 Å². The minimum absolute atomic E-state index is 0.